The SMILES string of the molecule is CC(C)OC(=O)C(C)NP(=O)(OCC1OC(n2ccc(=O)[nH]c2=O)C(F)C1O)Oc1ccccc1. The van der Waals surface area contributed by atoms with E-state index in [1.165, 1.54) is 19.1 Å². The summed E-state index contributed by atoms with van der Waals surface area (Å²) < 4.78 is 50.4. The Morgan fingerprint density at radius 1 is 1.26 bits per heavy atom. The number of aromatic amines is 1. The Morgan fingerprint density at radius 3 is 2.57 bits per heavy atom. The molecule has 0 saturated carbocycles. The minimum Gasteiger partial charge on any atom is -0.462 e. The van der Waals surface area contributed by atoms with Crippen molar-refractivity contribution in [2.24, 2.45) is 0 Å². The molecule has 14 heteroatoms. The highest BCUT2D eigenvalue weighted by molar-refractivity contribution is 7.52. The smallest absolute Gasteiger partial charge is 0.459 e. The van der Waals surface area contributed by atoms with E-state index in [1.807, 2.05) is 4.98 Å². The molecule has 192 valence electrons. The molecule has 1 fully saturated rings. The second kappa shape index (κ2) is 11.3. The number of halogens is 1. The summed E-state index contributed by atoms with van der Waals surface area (Å²) >= 11 is 0. The Kier molecular flexibility index (Phi) is 8.62. The summed E-state index contributed by atoms with van der Waals surface area (Å²) in [6.45, 7) is 4.07. The number of aromatic nitrogens is 2. The predicted molar refractivity (Wildman–Crippen MR) is 121 cm³/mol. The number of ether oxygens (including phenoxy) is 2. The lowest BCUT2D eigenvalue weighted by atomic mass is 10.1. The molecule has 0 bridgehead atoms. The molecule has 1 aromatic heterocycles. The number of nitrogens with one attached hydrogen (secondary N) is 2. The topological polar surface area (TPSA) is 158 Å². The van der Waals surface area contributed by atoms with Gasteiger partial charge in [-0.2, -0.15) is 5.09 Å². The van der Waals surface area contributed by atoms with Crippen LogP contribution >= 0.6 is 7.75 Å². The maximum Gasteiger partial charge on any atom is 0.459 e. The first-order chi connectivity index (χ1) is 16.5. The van der Waals surface area contributed by atoms with Gasteiger partial charge >= 0.3 is 19.4 Å². The van der Waals surface area contributed by atoms with Crippen molar-refractivity contribution in [3.05, 3.63) is 63.4 Å². The van der Waals surface area contributed by atoms with Crippen LogP contribution in [0.1, 0.15) is 27.0 Å². The van der Waals surface area contributed by atoms with Gasteiger partial charge in [-0.15, -0.1) is 0 Å². The molecule has 2 heterocycles. The van der Waals surface area contributed by atoms with Crippen LogP contribution in [0, 0.1) is 0 Å². The number of H-pyrrole nitrogens is 1. The molecular weight excluding hydrogens is 488 g/mol. The number of nitrogens with zero attached hydrogens (tertiary/aromatic N) is 1. The fraction of sp³-hybridized carbons (Fsp3) is 0.476. The molecule has 2 aromatic rings. The monoisotopic (exact) mass is 515 g/mol. The van der Waals surface area contributed by atoms with Gasteiger partial charge in [0.25, 0.3) is 5.56 Å². The first kappa shape index (κ1) is 26.8. The first-order valence-electron chi connectivity index (χ1n) is 10.8. The van der Waals surface area contributed by atoms with Crippen LogP contribution in [0.4, 0.5) is 4.39 Å². The lowest BCUT2D eigenvalue weighted by Crippen LogP contribution is -2.37. The maximum absolute atomic E-state index is 14.7. The van der Waals surface area contributed by atoms with Crippen molar-refractivity contribution in [2.45, 2.75) is 57.5 Å². The number of carbonyl (C=O) groups is 1. The number of esters is 1. The van der Waals surface area contributed by atoms with Gasteiger partial charge in [-0.1, -0.05) is 18.2 Å². The van der Waals surface area contributed by atoms with E-state index in [0.29, 0.717) is 0 Å². The minimum absolute atomic E-state index is 0.154. The number of rotatable bonds is 10. The molecule has 6 atom stereocenters. The fourth-order valence-electron chi connectivity index (χ4n) is 3.20. The van der Waals surface area contributed by atoms with Crippen LogP contribution in [0.5, 0.6) is 5.75 Å². The molecule has 1 aromatic carbocycles. The highest BCUT2D eigenvalue weighted by atomic mass is 31.2. The van der Waals surface area contributed by atoms with Crippen LogP contribution in [0.2, 0.25) is 0 Å². The number of benzene rings is 1. The van der Waals surface area contributed by atoms with E-state index >= 15 is 0 Å². The van der Waals surface area contributed by atoms with Crippen LogP contribution in [0.25, 0.3) is 0 Å². The summed E-state index contributed by atoms with van der Waals surface area (Å²) in [5.41, 5.74) is -1.62. The highest BCUT2D eigenvalue weighted by Crippen LogP contribution is 2.46. The largest absolute Gasteiger partial charge is 0.462 e. The number of carbonyl (C=O) groups excluding carboxylic acids is 1. The summed E-state index contributed by atoms with van der Waals surface area (Å²) in [4.78, 5) is 37.4. The van der Waals surface area contributed by atoms with Crippen molar-refractivity contribution in [2.75, 3.05) is 6.61 Å². The quantitative estimate of drug-likeness (QED) is 0.311. The van der Waals surface area contributed by atoms with Gasteiger partial charge in [-0.05, 0) is 32.9 Å². The van der Waals surface area contributed by atoms with Gasteiger partial charge in [0.2, 0.25) is 0 Å². The zero-order valence-corrected chi connectivity index (χ0v) is 20.1. The number of aliphatic hydroxyl groups excluding tert-OH is 1. The number of para-hydroxylation sites is 1. The molecule has 3 rings (SSSR count). The number of hydrogen-bond acceptors (Lipinski definition) is 9. The summed E-state index contributed by atoms with van der Waals surface area (Å²) in [6.07, 6.45) is -6.13. The van der Waals surface area contributed by atoms with Crippen LogP contribution in [0.15, 0.2) is 52.2 Å². The first-order valence-corrected chi connectivity index (χ1v) is 12.3. The molecule has 1 saturated heterocycles. The zero-order valence-electron chi connectivity index (χ0n) is 19.2. The van der Waals surface area contributed by atoms with Crippen molar-refractivity contribution < 1.29 is 37.4 Å². The van der Waals surface area contributed by atoms with E-state index in [1.54, 1.807) is 32.0 Å². The molecule has 0 aliphatic carbocycles. The van der Waals surface area contributed by atoms with Crippen molar-refractivity contribution in [1.29, 1.82) is 0 Å². The van der Waals surface area contributed by atoms with E-state index in [-0.39, 0.29) is 5.75 Å². The maximum atomic E-state index is 14.7. The second-order valence-corrected chi connectivity index (χ2v) is 9.75. The van der Waals surface area contributed by atoms with E-state index < -0.39 is 68.3 Å². The summed E-state index contributed by atoms with van der Waals surface area (Å²) in [5.74, 6) is -0.555. The van der Waals surface area contributed by atoms with Crippen molar-refractivity contribution >= 4 is 13.7 Å². The fourth-order valence-corrected chi connectivity index (χ4v) is 4.70. The Labute approximate surface area is 199 Å². The third kappa shape index (κ3) is 6.86. The standard InChI is InChI=1S/C21H27FN3O9P/c1-12(2)32-20(28)13(3)24-35(30,34-14-7-5-4-6-8-14)31-11-15-18(27)17(22)19(33-15)25-10-9-16(26)23-21(25)29/h4-10,12-13,15,17-19,27H,11H2,1-3H3,(H,24,30)(H,23,26,29). The molecular formula is C21H27FN3O9P. The molecule has 0 amide bonds. The Hall–Kier alpha value is -2.83. The van der Waals surface area contributed by atoms with Gasteiger partial charge in [-0.3, -0.25) is 23.7 Å². The average molecular weight is 515 g/mol. The minimum atomic E-state index is -4.28. The van der Waals surface area contributed by atoms with Crippen molar-refractivity contribution in [3.8, 4) is 5.75 Å². The summed E-state index contributed by atoms with van der Waals surface area (Å²) in [6, 6.07) is 7.86. The predicted octanol–water partition coefficient (Wildman–Crippen LogP) is 1.27. The normalized spacial score (nSPS) is 24.6. The van der Waals surface area contributed by atoms with Crippen LogP contribution < -0.4 is 20.9 Å². The third-order valence-corrected chi connectivity index (χ3v) is 6.50. The average Bonchev–Trinajstić information content (AvgIpc) is 3.06. The van der Waals surface area contributed by atoms with Gasteiger partial charge < -0.3 is 19.1 Å². The Morgan fingerprint density at radius 2 is 1.94 bits per heavy atom. The Balaban J connectivity index is 1.75. The summed E-state index contributed by atoms with van der Waals surface area (Å²) in [7, 11) is -4.28. The number of alkyl halides is 1. The molecule has 3 N–H and O–H groups in total. The van der Waals surface area contributed by atoms with E-state index in [0.717, 1.165) is 16.8 Å². The van der Waals surface area contributed by atoms with Crippen molar-refractivity contribution in [3.63, 3.8) is 0 Å². The number of aliphatic hydroxyl groups is 1. The van der Waals surface area contributed by atoms with E-state index in [4.69, 9.17) is 18.5 Å². The molecule has 0 spiro atoms. The molecule has 0 radical (unpaired) electrons. The third-order valence-electron chi connectivity index (χ3n) is 4.85. The van der Waals surface area contributed by atoms with E-state index in [9.17, 15) is 28.4 Å². The summed E-state index contributed by atoms with van der Waals surface area (Å²) in [5, 5.41) is 12.8. The van der Waals surface area contributed by atoms with E-state index in [2.05, 4.69) is 5.09 Å². The van der Waals surface area contributed by atoms with Gasteiger partial charge in [-0.25, -0.2) is 13.8 Å². The zero-order chi connectivity index (χ0) is 25.8. The van der Waals surface area contributed by atoms with Gasteiger partial charge in [0.1, 0.15) is 24.0 Å². The molecule has 1 aliphatic heterocycles. The van der Waals surface area contributed by atoms with Gasteiger partial charge in [0.15, 0.2) is 12.4 Å². The molecule has 6 unspecified atom stereocenters. The van der Waals surface area contributed by atoms with Crippen LogP contribution in [-0.4, -0.2) is 57.8 Å². The molecule has 1 aliphatic rings. The molecule has 35 heavy (non-hydrogen) atoms. The number of hydrogen-bond donors (Lipinski definition) is 3. The molecule has 12 nitrogen and oxygen atoms in total. The van der Waals surface area contributed by atoms with Crippen LogP contribution in [0.3, 0.4) is 0 Å². The van der Waals surface area contributed by atoms with Crippen LogP contribution in [-0.2, 0) is 23.4 Å². The van der Waals surface area contributed by atoms with Gasteiger partial charge in [0, 0.05) is 12.3 Å². The second-order valence-electron chi connectivity index (χ2n) is 8.05. The van der Waals surface area contributed by atoms with Gasteiger partial charge in [0.05, 0.1) is 12.7 Å². The lowest BCUT2D eigenvalue weighted by Gasteiger charge is -2.25. The highest BCUT2D eigenvalue weighted by Gasteiger charge is 2.47. The Bertz CT molecular complexity index is 1170. The lowest BCUT2D eigenvalue weighted by molar-refractivity contribution is -0.149. The van der Waals surface area contributed by atoms with Crippen molar-refractivity contribution in [1.82, 2.24) is 14.6 Å².